The third kappa shape index (κ3) is 2.80. The summed E-state index contributed by atoms with van der Waals surface area (Å²) in [5.74, 6) is -1.86. The van der Waals surface area contributed by atoms with Crippen LogP contribution in [0.15, 0.2) is 17.6 Å². The average molecular weight is 247 g/mol. The topological polar surface area (TPSA) is 112 Å². The minimum absolute atomic E-state index is 0.0862. The van der Waals surface area contributed by atoms with Crippen LogP contribution in [0, 0.1) is 5.92 Å². The first-order valence-electron chi connectivity index (χ1n) is 4.58. The standard InChI is InChI=1S/C8H13N3O4S/c1-5(8(12)13)6(2)11-16(14,15)7-3-9-4-10-7/h3-6,11H,1-2H3,(H,9,10)(H,12,13). The maximum Gasteiger partial charge on any atom is 0.307 e. The van der Waals surface area contributed by atoms with E-state index in [-0.39, 0.29) is 5.03 Å². The highest BCUT2D eigenvalue weighted by Crippen LogP contribution is 2.08. The summed E-state index contributed by atoms with van der Waals surface area (Å²) >= 11 is 0. The molecule has 0 aliphatic heterocycles. The molecule has 1 aromatic rings. The number of aromatic nitrogens is 2. The van der Waals surface area contributed by atoms with Gasteiger partial charge in [0, 0.05) is 6.04 Å². The largest absolute Gasteiger partial charge is 0.481 e. The molecular formula is C8H13N3O4S. The summed E-state index contributed by atoms with van der Waals surface area (Å²) in [5, 5.41) is 8.64. The molecule has 90 valence electrons. The second-order valence-corrected chi connectivity index (χ2v) is 5.14. The van der Waals surface area contributed by atoms with Gasteiger partial charge in [0.05, 0.1) is 18.4 Å². The lowest BCUT2D eigenvalue weighted by molar-refractivity contribution is -0.141. The number of H-pyrrole nitrogens is 1. The number of carboxylic acid groups (broad SMARTS) is 1. The molecule has 0 saturated heterocycles. The number of aliphatic carboxylic acids is 1. The van der Waals surface area contributed by atoms with Gasteiger partial charge in [0.15, 0.2) is 5.03 Å². The maximum atomic E-state index is 11.7. The highest BCUT2D eigenvalue weighted by molar-refractivity contribution is 7.89. The third-order valence-corrected chi connectivity index (χ3v) is 3.73. The van der Waals surface area contributed by atoms with Crippen molar-refractivity contribution < 1.29 is 18.3 Å². The molecule has 1 heterocycles. The SMILES string of the molecule is CC(NS(=O)(=O)c1cnc[nH]1)C(C)C(=O)O. The van der Waals surface area contributed by atoms with Gasteiger partial charge in [-0.15, -0.1) is 0 Å². The molecular weight excluding hydrogens is 234 g/mol. The Morgan fingerprint density at radius 2 is 2.19 bits per heavy atom. The Kier molecular flexibility index (Phi) is 3.66. The van der Waals surface area contributed by atoms with Crippen molar-refractivity contribution in [2.75, 3.05) is 0 Å². The molecule has 0 spiro atoms. The van der Waals surface area contributed by atoms with Crippen molar-refractivity contribution in [3.8, 4) is 0 Å². The number of nitrogens with one attached hydrogen (secondary N) is 2. The molecule has 2 atom stereocenters. The molecule has 3 N–H and O–H groups in total. The zero-order valence-corrected chi connectivity index (χ0v) is 9.65. The monoisotopic (exact) mass is 247 g/mol. The zero-order chi connectivity index (χ0) is 12.3. The Morgan fingerprint density at radius 3 is 2.62 bits per heavy atom. The Bertz CT molecular complexity index is 454. The molecule has 1 rings (SSSR count). The van der Waals surface area contributed by atoms with Gasteiger partial charge in [0.25, 0.3) is 10.0 Å². The first kappa shape index (κ1) is 12.7. The van der Waals surface area contributed by atoms with E-state index in [2.05, 4.69) is 14.7 Å². The van der Waals surface area contributed by atoms with E-state index in [0.717, 1.165) is 6.20 Å². The normalized spacial score (nSPS) is 15.6. The fourth-order valence-corrected chi connectivity index (χ4v) is 2.24. The minimum atomic E-state index is -3.73. The van der Waals surface area contributed by atoms with E-state index in [4.69, 9.17) is 5.11 Å². The predicted octanol–water partition coefficient (Wildman–Crippen LogP) is -0.203. The fraction of sp³-hybridized carbons (Fsp3) is 0.500. The van der Waals surface area contributed by atoms with E-state index < -0.39 is 28.0 Å². The number of hydrogen-bond donors (Lipinski definition) is 3. The Hall–Kier alpha value is -1.41. The molecule has 0 amide bonds. The van der Waals surface area contributed by atoms with Crippen molar-refractivity contribution in [1.29, 1.82) is 0 Å². The lowest BCUT2D eigenvalue weighted by atomic mass is 10.1. The second kappa shape index (κ2) is 4.62. The lowest BCUT2D eigenvalue weighted by Gasteiger charge is -2.16. The quantitative estimate of drug-likeness (QED) is 0.667. The van der Waals surface area contributed by atoms with Crippen molar-refractivity contribution in [2.45, 2.75) is 24.9 Å². The molecule has 2 unspecified atom stereocenters. The van der Waals surface area contributed by atoms with Crippen molar-refractivity contribution in [1.82, 2.24) is 14.7 Å². The molecule has 16 heavy (non-hydrogen) atoms. The van der Waals surface area contributed by atoms with Crippen molar-refractivity contribution in [3.63, 3.8) is 0 Å². The molecule has 0 fully saturated rings. The molecule has 7 nitrogen and oxygen atoms in total. The Morgan fingerprint density at radius 1 is 1.56 bits per heavy atom. The van der Waals surface area contributed by atoms with Gasteiger partial charge >= 0.3 is 5.97 Å². The molecule has 0 saturated carbocycles. The summed E-state index contributed by atoms with van der Waals surface area (Å²) in [4.78, 5) is 16.7. The molecule has 1 aromatic heterocycles. The van der Waals surface area contributed by atoms with Crippen LogP contribution < -0.4 is 4.72 Å². The molecule has 0 radical (unpaired) electrons. The molecule has 0 aromatic carbocycles. The van der Waals surface area contributed by atoms with Gasteiger partial charge in [0.2, 0.25) is 0 Å². The van der Waals surface area contributed by atoms with Crippen LogP contribution >= 0.6 is 0 Å². The highest BCUT2D eigenvalue weighted by Gasteiger charge is 2.25. The number of carbonyl (C=O) groups is 1. The van der Waals surface area contributed by atoms with Gasteiger partial charge in [-0.2, -0.15) is 0 Å². The van der Waals surface area contributed by atoms with E-state index in [1.807, 2.05) is 0 Å². The summed E-state index contributed by atoms with van der Waals surface area (Å²) in [5.41, 5.74) is 0. The second-order valence-electron chi connectivity index (χ2n) is 3.45. The van der Waals surface area contributed by atoms with Crippen LogP contribution in [0.5, 0.6) is 0 Å². The van der Waals surface area contributed by atoms with Gasteiger partial charge in [-0.25, -0.2) is 18.1 Å². The van der Waals surface area contributed by atoms with Crippen LogP contribution in [-0.2, 0) is 14.8 Å². The number of nitrogens with zero attached hydrogens (tertiary/aromatic N) is 1. The average Bonchev–Trinajstić information content (AvgIpc) is 2.68. The number of rotatable bonds is 5. The molecule has 0 aliphatic rings. The van der Waals surface area contributed by atoms with E-state index in [0.29, 0.717) is 0 Å². The van der Waals surface area contributed by atoms with E-state index in [9.17, 15) is 13.2 Å². The number of aromatic amines is 1. The minimum Gasteiger partial charge on any atom is -0.481 e. The first-order chi connectivity index (χ1) is 7.34. The Labute approximate surface area is 93.0 Å². The Balaban J connectivity index is 2.78. The summed E-state index contributed by atoms with van der Waals surface area (Å²) in [6.07, 6.45) is 2.39. The van der Waals surface area contributed by atoms with Crippen LogP contribution in [-0.4, -0.2) is 35.5 Å². The predicted molar refractivity (Wildman–Crippen MR) is 55.2 cm³/mol. The van der Waals surface area contributed by atoms with Gasteiger partial charge in [-0.1, -0.05) is 6.92 Å². The van der Waals surface area contributed by atoms with Crippen LogP contribution in [0.4, 0.5) is 0 Å². The third-order valence-electron chi connectivity index (χ3n) is 2.24. The fourth-order valence-electron chi connectivity index (χ4n) is 1.01. The lowest BCUT2D eigenvalue weighted by Crippen LogP contribution is -2.40. The number of imidazole rings is 1. The summed E-state index contributed by atoms with van der Waals surface area (Å²) < 4.78 is 25.6. The number of sulfonamides is 1. The van der Waals surface area contributed by atoms with Gasteiger partial charge in [-0.3, -0.25) is 4.79 Å². The number of hydrogen-bond acceptors (Lipinski definition) is 4. The number of carboxylic acids is 1. The van der Waals surface area contributed by atoms with Crippen LogP contribution in [0.2, 0.25) is 0 Å². The summed E-state index contributed by atoms with van der Waals surface area (Å²) in [7, 11) is -3.73. The molecule has 8 heteroatoms. The van der Waals surface area contributed by atoms with Gasteiger partial charge < -0.3 is 10.1 Å². The van der Waals surface area contributed by atoms with E-state index in [1.165, 1.54) is 20.2 Å². The van der Waals surface area contributed by atoms with E-state index in [1.54, 1.807) is 0 Å². The van der Waals surface area contributed by atoms with E-state index >= 15 is 0 Å². The van der Waals surface area contributed by atoms with Crippen LogP contribution in [0.3, 0.4) is 0 Å². The molecule has 0 bridgehead atoms. The van der Waals surface area contributed by atoms with Gasteiger partial charge in [0.1, 0.15) is 0 Å². The van der Waals surface area contributed by atoms with Crippen LogP contribution in [0.25, 0.3) is 0 Å². The van der Waals surface area contributed by atoms with Crippen LogP contribution in [0.1, 0.15) is 13.8 Å². The zero-order valence-electron chi connectivity index (χ0n) is 8.84. The smallest absolute Gasteiger partial charge is 0.307 e. The van der Waals surface area contributed by atoms with Gasteiger partial charge in [-0.05, 0) is 6.92 Å². The van der Waals surface area contributed by atoms with Crippen molar-refractivity contribution in [2.24, 2.45) is 5.92 Å². The van der Waals surface area contributed by atoms with Crippen molar-refractivity contribution >= 4 is 16.0 Å². The summed E-state index contributed by atoms with van der Waals surface area (Å²) in [6, 6.07) is -0.703. The van der Waals surface area contributed by atoms with Crippen molar-refractivity contribution in [3.05, 3.63) is 12.5 Å². The maximum absolute atomic E-state index is 11.7. The molecule has 0 aliphatic carbocycles. The highest BCUT2D eigenvalue weighted by atomic mass is 32.2. The first-order valence-corrected chi connectivity index (χ1v) is 6.06. The summed E-state index contributed by atoms with van der Waals surface area (Å²) in [6.45, 7) is 2.93.